The number of nitrogens with zero attached hydrogens (tertiary/aromatic N) is 4. The monoisotopic (exact) mass is 428 g/mol. The third-order valence-electron chi connectivity index (χ3n) is 5.01. The molecule has 0 fully saturated rings. The molecule has 2 aromatic heterocycles. The summed E-state index contributed by atoms with van der Waals surface area (Å²) in [5.74, 6) is -0.445. The Kier molecular flexibility index (Phi) is 6.57. The average molecular weight is 428 g/mol. The predicted octanol–water partition coefficient (Wildman–Crippen LogP) is 0.640. The van der Waals surface area contributed by atoms with Crippen molar-refractivity contribution in [2.75, 3.05) is 0 Å². The van der Waals surface area contributed by atoms with Crippen LogP contribution in [0, 0.1) is 0 Å². The lowest BCUT2D eigenvalue weighted by molar-refractivity contribution is -0.123. The van der Waals surface area contributed by atoms with Gasteiger partial charge in [-0.05, 0) is 39.3 Å². The van der Waals surface area contributed by atoms with Gasteiger partial charge in [0.05, 0.1) is 10.9 Å². The number of fused-ring (bicyclic) bond motifs is 3. The Hall–Kier alpha value is -3.43. The van der Waals surface area contributed by atoms with E-state index in [0.717, 1.165) is 11.1 Å². The molecule has 0 aliphatic rings. The van der Waals surface area contributed by atoms with Crippen LogP contribution in [0.25, 0.3) is 16.7 Å². The quantitative estimate of drug-likeness (QED) is 0.546. The molecule has 0 bridgehead atoms. The van der Waals surface area contributed by atoms with Gasteiger partial charge in [0.25, 0.3) is 5.56 Å². The van der Waals surface area contributed by atoms with Crippen molar-refractivity contribution in [3.63, 3.8) is 0 Å². The van der Waals surface area contributed by atoms with E-state index in [1.807, 2.05) is 27.7 Å². The summed E-state index contributed by atoms with van der Waals surface area (Å²) in [5.41, 5.74) is -0.462. The molecule has 10 heteroatoms. The Bertz CT molecular complexity index is 1240. The minimum absolute atomic E-state index is 0.0216. The molecule has 3 aromatic rings. The number of benzene rings is 1. The fourth-order valence-corrected chi connectivity index (χ4v) is 3.34. The van der Waals surface area contributed by atoms with Gasteiger partial charge < -0.3 is 10.6 Å². The van der Waals surface area contributed by atoms with Crippen LogP contribution in [0.15, 0.2) is 33.9 Å². The first-order chi connectivity index (χ1) is 14.7. The van der Waals surface area contributed by atoms with Crippen molar-refractivity contribution < 1.29 is 9.59 Å². The summed E-state index contributed by atoms with van der Waals surface area (Å²) in [7, 11) is 0. The molecule has 2 amide bonds. The van der Waals surface area contributed by atoms with Crippen molar-refractivity contribution in [1.29, 1.82) is 0 Å². The van der Waals surface area contributed by atoms with E-state index in [9.17, 15) is 19.2 Å². The van der Waals surface area contributed by atoms with Crippen LogP contribution in [-0.4, -0.2) is 42.6 Å². The molecule has 1 unspecified atom stereocenters. The number of para-hydroxylation sites is 1. The number of hydrogen-bond acceptors (Lipinski definition) is 5. The van der Waals surface area contributed by atoms with Crippen LogP contribution in [-0.2, 0) is 22.7 Å². The van der Waals surface area contributed by atoms with E-state index in [1.165, 1.54) is 8.97 Å². The number of aromatic nitrogens is 4. The van der Waals surface area contributed by atoms with Gasteiger partial charge in [0.15, 0.2) is 0 Å². The smallest absolute Gasteiger partial charge is 0.352 e. The Balaban J connectivity index is 2.09. The minimum atomic E-state index is -0.522. The lowest BCUT2D eigenvalue weighted by atomic mass is 10.2. The van der Waals surface area contributed by atoms with Gasteiger partial charge in [-0.15, -0.1) is 5.10 Å². The number of amides is 2. The summed E-state index contributed by atoms with van der Waals surface area (Å²) in [6.07, 6.45) is 0.816. The zero-order chi connectivity index (χ0) is 22.7. The van der Waals surface area contributed by atoms with E-state index in [4.69, 9.17) is 0 Å². The maximum absolute atomic E-state index is 13.1. The van der Waals surface area contributed by atoms with Gasteiger partial charge in [0.1, 0.15) is 6.54 Å². The molecular weight excluding hydrogens is 400 g/mol. The Morgan fingerprint density at radius 3 is 2.45 bits per heavy atom. The molecule has 0 saturated heterocycles. The van der Waals surface area contributed by atoms with E-state index < -0.39 is 5.69 Å². The number of aryl methyl sites for hydroxylation is 1. The van der Waals surface area contributed by atoms with Gasteiger partial charge >= 0.3 is 5.69 Å². The molecule has 10 nitrogen and oxygen atoms in total. The van der Waals surface area contributed by atoms with Crippen LogP contribution in [0.3, 0.4) is 0 Å². The second-order valence-electron chi connectivity index (χ2n) is 7.90. The molecule has 0 aliphatic carbocycles. The zero-order valence-corrected chi connectivity index (χ0v) is 18.2. The Labute approximate surface area is 178 Å². The fraction of sp³-hybridized carbons (Fsp3) is 0.476. The largest absolute Gasteiger partial charge is 0.354 e. The van der Waals surface area contributed by atoms with Crippen molar-refractivity contribution in [2.45, 2.75) is 65.7 Å². The fourth-order valence-electron chi connectivity index (χ4n) is 3.34. The molecule has 3 rings (SSSR count). The molecule has 166 valence electrons. The highest BCUT2D eigenvalue weighted by Gasteiger charge is 2.19. The van der Waals surface area contributed by atoms with Crippen LogP contribution in [0.1, 0.15) is 40.5 Å². The molecule has 31 heavy (non-hydrogen) atoms. The summed E-state index contributed by atoms with van der Waals surface area (Å²) < 4.78 is 3.67. The number of carbonyl (C=O) groups excluding carboxylic acids is 2. The summed E-state index contributed by atoms with van der Waals surface area (Å²) in [6.45, 7) is 7.32. The Morgan fingerprint density at radius 1 is 1.06 bits per heavy atom. The molecule has 1 aromatic carbocycles. The van der Waals surface area contributed by atoms with Crippen LogP contribution >= 0.6 is 0 Å². The first-order valence-corrected chi connectivity index (χ1v) is 10.4. The highest BCUT2D eigenvalue weighted by molar-refractivity contribution is 5.80. The number of hydrogen-bond donors (Lipinski definition) is 2. The molecule has 2 heterocycles. The van der Waals surface area contributed by atoms with Gasteiger partial charge in [0.2, 0.25) is 17.6 Å². The standard InChI is InChI=1S/C21H28N6O4/c1-5-14(4)23-18(29)12-26-21(31)27-16-9-7-6-8-15(16)19(30)25(20(27)24-26)11-10-17(28)22-13(2)3/h6-9,13-14H,5,10-12H2,1-4H3,(H,22,28)(H,23,29). The lowest BCUT2D eigenvalue weighted by Crippen LogP contribution is -2.37. The first-order valence-electron chi connectivity index (χ1n) is 10.4. The molecule has 0 aliphatic heterocycles. The number of nitrogens with one attached hydrogen (secondary N) is 2. The molecular formula is C21H28N6O4. The summed E-state index contributed by atoms with van der Waals surface area (Å²) in [4.78, 5) is 50.6. The van der Waals surface area contributed by atoms with Crippen molar-refractivity contribution in [1.82, 2.24) is 29.4 Å². The maximum atomic E-state index is 13.1. The molecule has 2 N–H and O–H groups in total. The van der Waals surface area contributed by atoms with Crippen molar-refractivity contribution >= 4 is 28.5 Å². The van der Waals surface area contributed by atoms with Gasteiger partial charge in [-0.1, -0.05) is 19.1 Å². The van der Waals surface area contributed by atoms with Crippen molar-refractivity contribution in [3.05, 3.63) is 45.1 Å². The lowest BCUT2D eigenvalue weighted by Gasteiger charge is -2.11. The van der Waals surface area contributed by atoms with Gasteiger partial charge in [-0.25, -0.2) is 13.9 Å². The summed E-state index contributed by atoms with van der Waals surface area (Å²) >= 11 is 0. The third-order valence-corrected chi connectivity index (χ3v) is 5.01. The molecule has 0 saturated carbocycles. The highest BCUT2D eigenvalue weighted by atomic mass is 16.2. The van der Waals surface area contributed by atoms with Crippen LogP contribution in [0.5, 0.6) is 0 Å². The third kappa shape index (κ3) is 4.68. The topological polar surface area (TPSA) is 120 Å². The molecule has 0 radical (unpaired) electrons. The van der Waals surface area contributed by atoms with E-state index in [-0.39, 0.29) is 54.7 Å². The normalized spacial score (nSPS) is 12.4. The second-order valence-corrected chi connectivity index (χ2v) is 7.90. The van der Waals surface area contributed by atoms with Crippen molar-refractivity contribution in [2.24, 2.45) is 0 Å². The number of rotatable bonds is 8. The van der Waals surface area contributed by atoms with E-state index in [1.54, 1.807) is 24.3 Å². The maximum Gasteiger partial charge on any atom is 0.352 e. The summed E-state index contributed by atoms with van der Waals surface area (Å²) in [5, 5.41) is 10.2. The molecule has 1 atom stereocenters. The van der Waals surface area contributed by atoms with Crippen LogP contribution in [0.2, 0.25) is 0 Å². The van der Waals surface area contributed by atoms with Crippen LogP contribution < -0.4 is 21.9 Å². The average Bonchev–Trinajstić information content (AvgIpc) is 3.03. The van der Waals surface area contributed by atoms with E-state index in [2.05, 4.69) is 15.7 Å². The first kappa shape index (κ1) is 22.3. The molecule has 0 spiro atoms. The number of carbonyl (C=O) groups is 2. The highest BCUT2D eigenvalue weighted by Crippen LogP contribution is 2.11. The van der Waals surface area contributed by atoms with E-state index >= 15 is 0 Å². The summed E-state index contributed by atoms with van der Waals surface area (Å²) in [6, 6.07) is 6.67. The SMILES string of the molecule is CCC(C)NC(=O)Cn1nc2n(CCC(=O)NC(C)C)c(=O)c3ccccc3n2c1=O. The predicted molar refractivity (Wildman–Crippen MR) is 117 cm³/mol. The zero-order valence-electron chi connectivity index (χ0n) is 18.2. The van der Waals surface area contributed by atoms with Crippen molar-refractivity contribution in [3.8, 4) is 0 Å². The van der Waals surface area contributed by atoms with Gasteiger partial charge in [0, 0.05) is 25.0 Å². The van der Waals surface area contributed by atoms with Gasteiger partial charge in [-0.2, -0.15) is 0 Å². The van der Waals surface area contributed by atoms with Crippen LogP contribution in [0.4, 0.5) is 0 Å². The van der Waals surface area contributed by atoms with E-state index in [0.29, 0.717) is 10.9 Å². The Morgan fingerprint density at radius 2 is 1.77 bits per heavy atom. The minimum Gasteiger partial charge on any atom is -0.354 e. The van der Waals surface area contributed by atoms with Gasteiger partial charge in [-0.3, -0.25) is 19.0 Å². The second kappa shape index (κ2) is 9.15.